The van der Waals surface area contributed by atoms with Gasteiger partial charge in [-0.2, -0.15) is 5.10 Å². The number of nitrogens with zero attached hydrogens (tertiary/aromatic N) is 6. The Labute approximate surface area is 187 Å². The van der Waals surface area contributed by atoms with Crippen molar-refractivity contribution < 1.29 is 4.74 Å². The first-order chi connectivity index (χ1) is 15.0. The Balaban J connectivity index is 1.55. The van der Waals surface area contributed by atoms with Crippen LogP contribution in [0.4, 0.5) is 0 Å². The van der Waals surface area contributed by atoms with Crippen LogP contribution in [0, 0.1) is 6.92 Å². The highest BCUT2D eigenvalue weighted by Gasteiger charge is 2.27. The fourth-order valence-corrected chi connectivity index (χ4v) is 5.53. The van der Waals surface area contributed by atoms with Gasteiger partial charge in [-0.15, -0.1) is 0 Å². The molecule has 5 heterocycles. The molecule has 0 radical (unpaired) electrons. The molecule has 1 aliphatic rings. The minimum Gasteiger partial charge on any atom is -0.378 e. The molecule has 0 unspecified atom stereocenters. The van der Waals surface area contributed by atoms with Crippen LogP contribution in [0.1, 0.15) is 42.3 Å². The summed E-state index contributed by atoms with van der Waals surface area (Å²) in [6, 6.07) is 6.15. The third-order valence-corrected chi connectivity index (χ3v) is 6.98. The van der Waals surface area contributed by atoms with Gasteiger partial charge >= 0.3 is 0 Å². The van der Waals surface area contributed by atoms with Gasteiger partial charge in [0, 0.05) is 29.5 Å². The molecule has 0 saturated carbocycles. The molecule has 2 atom stereocenters. The average Bonchev–Trinajstić information content (AvgIpc) is 3.38. The number of aromatic nitrogens is 6. The highest BCUT2D eigenvalue weighted by Crippen LogP contribution is 2.35. The first-order valence-electron chi connectivity index (χ1n) is 10.4. The summed E-state index contributed by atoms with van der Waals surface area (Å²) in [5, 5.41) is 7.24. The SMILES string of the molecule is Cc1nn2cc(Cc3nc4cnc5ccc(Cl)cc5c4n3[C@@H]3CCO[C@H](C)C3)nc2s1. The molecule has 1 aromatic carbocycles. The van der Waals surface area contributed by atoms with Crippen molar-refractivity contribution in [3.8, 4) is 0 Å². The summed E-state index contributed by atoms with van der Waals surface area (Å²) in [5.41, 5.74) is 3.87. The van der Waals surface area contributed by atoms with Gasteiger partial charge in [0.1, 0.15) is 16.3 Å². The van der Waals surface area contributed by atoms with E-state index in [1.54, 1.807) is 11.3 Å². The highest BCUT2D eigenvalue weighted by molar-refractivity contribution is 7.16. The molecule has 0 aliphatic carbocycles. The number of aryl methyl sites for hydroxylation is 1. The van der Waals surface area contributed by atoms with Gasteiger partial charge in [0.05, 0.1) is 35.2 Å². The van der Waals surface area contributed by atoms with Crippen LogP contribution in [-0.4, -0.2) is 41.8 Å². The van der Waals surface area contributed by atoms with Crippen molar-refractivity contribution in [1.29, 1.82) is 0 Å². The number of benzene rings is 1. The molecular weight excluding hydrogens is 432 g/mol. The van der Waals surface area contributed by atoms with E-state index in [1.165, 1.54) is 0 Å². The van der Waals surface area contributed by atoms with E-state index in [-0.39, 0.29) is 6.10 Å². The van der Waals surface area contributed by atoms with Crippen molar-refractivity contribution in [3.05, 3.63) is 52.1 Å². The molecule has 9 heteroatoms. The van der Waals surface area contributed by atoms with E-state index in [0.29, 0.717) is 17.5 Å². The van der Waals surface area contributed by atoms with Gasteiger partial charge in [-0.05, 0) is 44.9 Å². The number of fused-ring (bicyclic) bond motifs is 4. The highest BCUT2D eigenvalue weighted by atomic mass is 35.5. The zero-order valence-electron chi connectivity index (χ0n) is 17.2. The summed E-state index contributed by atoms with van der Waals surface area (Å²) in [7, 11) is 0. The number of halogens is 1. The molecule has 7 nitrogen and oxygen atoms in total. The Morgan fingerprint density at radius 2 is 2.16 bits per heavy atom. The number of hydrogen-bond acceptors (Lipinski definition) is 6. The summed E-state index contributed by atoms with van der Waals surface area (Å²) in [6.07, 6.45) is 6.62. The van der Waals surface area contributed by atoms with Crippen molar-refractivity contribution >= 4 is 49.8 Å². The average molecular weight is 453 g/mol. The van der Waals surface area contributed by atoms with Gasteiger partial charge in [0.2, 0.25) is 4.96 Å². The monoisotopic (exact) mass is 452 g/mol. The standard InChI is InChI=1S/C22H21ClN6OS/c1-12-7-16(5-6-30-12)29-20(9-15-11-28-22(25-15)31-13(2)27-28)26-19-10-24-18-4-3-14(23)8-17(18)21(19)29/h3-4,8,10-12,16H,5-7,9H2,1-2H3/t12-,16-/m1/s1. The van der Waals surface area contributed by atoms with Gasteiger partial charge < -0.3 is 9.30 Å². The predicted molar refractivity (Wildman–Crippen MR) is 122 cm³/mol. The fraction of sp³-hybridized carbons (Fsp3) is 0.364. The van der Waals surface area contributed by atoms with Crippen LogP contribution < -0.4 is 0 Å². The molecule has 0 amide bonds. The fourth-order valence-electron chi connectivity index (χ4n) is 4.62. The zero-order chi connectivity index (χ0) is 21.1. The van der Waals surface area contributed by atoms with Crippen molar-refractivity contribution in [2.24, 2.45) is 0 Å². The summed E-state index contributed by atoms with van der Waals surface area (Å²) in [6.45, 7) is 4.88. The second-order valence-corrected chi connectivity index (χ2v) is 9.76. The minimum absolute atomic E-state index is 0.214. The maximum atomic E-state index is 6.37. The van der Waals surface area contributed by atoms with Crippen molar-refractivity contribution in [2.45, 2.75) is 45.3 Å². The van der Waals surface area contributed by atoms with Crippen molar-refractivity contribution in [2.75, 3.05) is 6.61 Å². The van der Waals surface area contributed by atoms with E-state index in [4.69, 9.17) is 26.3 Å². The lowest BCUT2D eigenvalue weighted by atomic mass is 10.0. The third kappa shape index (κ3) is 3.30. The first-order valence-corrected chi connectivity index (χ1v) is 11.6. The molecule has 4 aromatic heterocycles. The van der Waals surface area contributed by atoms with Gasteiger partial charge in [-0.3, -0.25) is 4.98 Å². The van der Waals surface area contributed by atoms with Gasteiger partial charge in [0.15, 0.2) is 0 Å². The second kappa shape index (κ2) is 7.25. The number of ether oxygens (including phenoxy) is 1. The van der Waals surface area contributed by atoms with Crippen LogP contribution in [0.15, 0.2) is 30.6 Å². The largest absolute Gasteiger partial charge is 0.378 e. The number of hydrogen-bond donors (Lipinski definition) is 0. The van der Waals surface area contributed by atoms with Crippen LogP contribution in [0.3, 0.4) is 0 Å². The molecule has 6 rings (SSSR count). The van der Waals surface area contributed by atoms with E-state index < -0.39 is 0 Å². The van der Waals surface area contributed by atoms with Crippen molar-refractivity contribution in [1.82, 2.24) is 29.1 Å². The van der Waals surface area contributed by atoms with Gasteiger partial charge in [-0.1, -0.05) is 22.9 Å². The molecule has 0 N–H and O–H groups in total. The normalized spacial score (nSPS) is 19.7. The van der Waals surface area contributed by atoms with Crippen LogP contribution in [0.2, 0.25) is 5.02 Å². The summed E-state index contributed by atoms with van der Waals surface area (Å²) < 4.78 is 10.1. The number of rotatable bonds is 3. The van der Waals surface area contributed by atoms with Crippen LogP contribution >= 0.6 is 22.9 Å². The quantitative estimate of drug-likeness (QED) is 0.386. The lowest BCUT2D eigenvalue weighted by Crippen LogP contribution is -2.26. The molecule has 31 heavy (non-hydrogen) atoms. The lowest BCUT2D eigenvalue weighted by Gasteiger charge is -2.30. The molecule has 0 bridgehead atoms. The van der Waals surface area contributed by atoms with Gasteiger partial charge in [0.25, 0.3) is 0 Å². The van der Waals surface area contributed by atoms with Crippen LogP contribution in [-0.2, 0) is 11.2 Å². The summed E-state index contributed by atoms with van der Waals surface area (Å²) >= 11 is 7.96. The summed E-state index contributed by atoms with van der Waals surface area (Å²) in [5.74, 6) is 0.992. The third-order valence-electron chi connectivity index (χ3n) is 5.91. The molecule has 1 saturated heterocycles. The Kier molecular flexibility index (Phi) is 4.48. The lowest BCUT2D eigenvalue weighted by molar-refractivity contribution is 0.00631. The maximum Gasteiger partial charge on any atom is 0.212 e. The molecule has 5 aromatic rings. The van der Waals surface area contributed by atoms with Gasteiger partial charge in [-0.25, -0.2) is 14.5 Å². The van der Waals surface area contributed by atoms with Crippen LogP contribution in [0.25, 0.3) is 26.9 Å². The van der Waals surface area contributed by atoms with E-state index in [9.17, 15) is 0 Å². The first kappa shape index (κ1) is 19.2. The molecule has 1 aliphatic heterocycles. The van der Waals surface area contributed by atoms with Crippen LogP contribution in [0.5, 0.6) is 0 Å². The Morgan fingerprint density at radius 1 is 1.26 bits per heavy atom. The molecule has 1 fully saturated rings. The Hall–Kier alpha value is -2.55. The maximum absolute atomic E-state index is 6.37. The smallest absolute Gasteiger partial charge is 0.212 e. The number of imidazole rings is 2. The molecule has 0 spiro atoms. The minimum atomic E-state index is 0.214. The van der Waals surface area contributed by atoms with E-state index in [0.717, 1.165) is 62.9 Å². The molecular formula is C22H21ClN6OS. The second-order valence-electron chi connectivity index (χ2n) is 8.17. The van der Waals surface area contributed by atoms with Crippen molar-refractivity contribution in [3.63, 3.8) is 0 Å². The molecule has 158 valence electrons. The van der Waals surface area contributed by atoms with E-state index in [2.05, 4.69) is 21.6 Å². The zero-order valence-corrected chi connectivity index (χ0v) is 18.8. The van der Waals surface area contributed by atoms with E-state index in [1.807, 2.05) is 42.0 Å². The Morgan fingerprint density at radius 3 is 3.00 bits per heavy atom. The predicted octanol–water partition coefficient (Wildman–Crippen LogP) is 4.98. The number of pyridine rings is 1. The Bertz CT molecular complexity index is 1410. The topological polar surface area (TPSA) is 70.1 Å². The van der Waals surface area contributed by atoms with E-state index >= 15 is 0 Å². The summed E-state index contributed by atoms with van der Waals surface area (Å²) in [4.78, 5) is 15.3.